The second-order valence-electron chi connectivity index (χ2n) is 10.3. The lowest BCUT2D eigenvalue weighted by Gasteiger charge is -2.26. The molecular weight excluding hydrogens is 510 g/mol. The van der Waals surface area contributed by atoms with Crippen molar-refractivity contribution in [1.29, 1.82) is 0 Å². The molecule has 1 saturated carbocycles. The van der Waals surface area contributed by atoms with Crippen molar-refractivity contribution in [2.24, 2.45) is 10.5 Å². The number of benzene rings is 3. The summed E-state index contributed by atoms with van der Waals surface area (Å²) in [5.41, 5.74) is 10.4. The number of rotatable bonds is 10. The van der Waals surface area contributed by atoms with Crippen LogP contribution >= 0.6 is 0 Å². The lowest BCUT2D eigenvalue weighted by Crippen LogP contribution is -2.48. The van der Waals surface area contributed by atoms with Crippen LogP contribution in [0.2, 0.25) is 0 Å². The Bertz CT molecular complexity index is 1460. The van der Waals surface area contributed by atoms with E-state index in [0.29, 0.717) is 23.5 Å². The maximum atomic E-state index is 13.2. The molecule has 0 aromatic heterocycles. The van der Waals surface area contributed by atoms with E-state index in [9.17, 15) is 14.4 Å². The molecule has 10 nitrogen and oxygen atoms in total. The number of nitrogens with one attached hydrogen (secondary N) is 1. The van der Waals surface area contributed by atoms with Crippen LogP contribution in [0.15, 0.2) is 84.0 Å². The molecule has 1 aliphatic carbocycles. The van der Waals surface area contributed by atoms with Gasteiger partial charge in [0.15, 0.2) is 0 Å². The predicted octanol–water partition coefficient (Wildman–Crippen LogP) is 5.14. The van der Waals surface area contributed by atoms with Gasteiger partial charge >= 0.3 is 5.97 Å². The van der Waals surface area contributed by atoms with E-state index in [0.717, 1.165) is 12.0 Å². The molecule has 0 radical (unpaired) electrons. The van der Waals surface area contributed by atoms with Crippen LogP contribution in [-0.4, -0.2) is 41.3 Å². The summed E-state index contributed by atoms with van der Waals surface area (Å²) in [6, 6.07) is 22.5. The van der Waals surface area contributed by atoms with Gasteiger partial charge in [0.05, 0.1) is 13.1 Å². The van der Waals surface area contributed by atoms with Crippen LogP contribution in [0.3, 0.4) is 0 Å². The van der Waals surface area contributed by atoms with Gasteiger partial charge in [-0.3, -0.25) is 9.59 Å². The van der Waals surface area contributed by atoms with Crippen molar-refractivity contribution in [3.8, 4) is 11.5 Å². The van der Waals surface area contributed by atoms with Crippen molar-refractivity contribution < 1.29 is 23.9 Å². The molecular formula is C30H29N5O5. The van der Waals surface area contributed by atoms with Gasteiger partial charge in [0.25, 0.3) is 5.91 Å². The largest absolute Gasteiger partial charge is 0.459 e. The summed E-state index contributed by atoms with van der Waals surface area (Å²) in [7, 11) is 0. The smallest absolute Gasteiger partial charge is 0.329 e. The molecule has 2 aliphatic rings. The van der Waals surface area contributed by atoms with Gasteiger partial charge in [0.1, 0.15) is 24.1 Å². The predicted molar refractivity (Wildman–Crippen MR) is 146 cm³/mol. The summed E-state index contributed by atoms with van der Waals surface area (Å²) in [4.78, 5) is 43.5. The number of hydrogen-bond donors (Lipinski definition) is 1. The molecule has 1 aliphatic heterocycles. The first kappa shape index (κ1) is 26.8. The van der Waals surface area contributed by atoms with Crippen molar-refractivity contribution >= 4 is 17.8 Å². The van der Waals surface area contributed by atoms with Crippen LogP contribution in [0.5, 0.6) is 11.5 Å². The first-order valence-corrected chi connectivity index (χ1v) is 13.0. The number of ether oxygens (including phenoxy) is 2. The van der Waals surface area contributed by atoms with Crippen molar-refractivity contribution in [2.45, 2.75) is 45.0 Å². The van der Waals surface area contributed by atoms with Gasteiger partial charge in [-0.1, -0.05) is 60.6 Å². The highest BCUT2D eigenvalue weighted by Crippen LogP contribution is 2.59. The zero-order chi connectivity index (χ0) is 28.1. The molecule has 10 heteroatoms. The summed E-state index contributed by atoms with van der Waals surface area (Å²) in [5.74, 6) is -0.189. The average Bonchev–Trinajstić information content (AvgIpc) is 3.54. The molecule has 5 rings (SSSR count). The van der Waals surface area contributed by atoms with E-state index >= 15 is 0 Å². The van der Waals surface area contributed by atoms with Crippen LogP contribution < -0.4 is 10.1 Å². The first-order valence-electron chi connectivity index (χ1n) is 13.0. The Hall–Kier alpha value is -4.82. The third kappa shape index (κ3) is 5.92. The summed E-state index contributed by atoms with van der Waals surface area (Å²) in [5, 5.41) is 6.28. The number of carbonyl (C=O) groups excluding carboxylic acids is 3. The third-order valence-electron chi connectivity index (χ3n) is 7.42. The van der Waals surface area contributed by atoms with Gasteiger partial charge in [-0.25, -0.2) is 4.79 Å². The minimum absolute atomic E-state index is 0.0144. The Morgan fingerprint density at radius 2 is 1.77 bits per heavy atom. The van der Waals surface area contributed by atoms with Crippen LogP contribution in [0, 0.1) is 5.41 Å². The molecule has 1 heterocycles. The Morgan fingerprint density at radius 1 is 1.05 bits per heavy atom. The summed E-state index contributed by atoms with van der Waals surface area (Å²) in [6.07, 6.45) is 1.36. The molecule has 3 aromatic carbocycles. The van der Waals surface area contributed by atoms with E-state index in [-0.39, 0.29) is 42.6 Å². The molecule has 1 N–H and O–H groups in total. The van der Waals surface area contributed by atoms with Crippen LogP contribution in [0.4, 0.5) is 0 Å². The lowest BCUT2D eigenvalue weighted by molar-refractivity contribution is -0.155. The SMILES string of the molecule is C[C@@]12C[C@@H]1N(C(=O)CNC(=O)c1ccc(Oc3ccccc3)c(CN=[N+]=[N-])c1)[C@H](C(=O)OCc1ccccc1)C2. The molecule has 3 aromatic rings. The molecule has 204 valence electrons. The summed E-state index contributed by atoms with van der Waals surface area (Å²) < 4.78 is 11.4. The number of esters is 1. The fourth-order valence-electron chi connectivity index (χ4n) is 5.18. The first-order chi connectivity index (χ1) is 19.4. The van der Waals surface area contributed by atoms with Gasteiger partial charge in [-0.15, -0.1) is 0 Å². The third-order valence-corrected chi connectivity index (χ3v) is 7.42. The van der Waals surface area contributed by atoms with E-state index in [1.807, 2.05) is 48.5 Å². The lowest BCUT2D eigenvalue weighted by atomic mass is 10.0. The monoisotopic (exact) mass is 539 g/mol. The van der Waals surface area contributed by atoms with E-state index in [2.05, 4.69) is 22.3 Å². The zero-order valence-electron chi connectivity index (χ0n) is 22.0. The minimum Gasteiger partial charge on any atom is -0.459 e. The topological polar surface area (TPSA) is 134 Å². The highest BCUT2D eigenvalue weighted by molar-refractivity contribution is 5.97. The molecule has 2 amide bonds. The quantitative estimate of drug-likeness (QED) is 0.165. The molecule has 1 saturated heterocycles. The van der Waals surface area contributed by atoms with E-state index in [1.165, 1.54) is 0 Å². The number of nitrogens with zero attached hydrogens (tertiary/aromatic N) is 4. The second kappa shape index (κ2) is 11.5. The number of fused-ring (bicyclic) bond motifs is 1. The fourth-order valence-corrected chi connectivity index (χ4v) is 5.18. The van der Waals surface area contributed by atoms with Crippen molar-refractivity contribution in [3.05, 3.63) is 106 Å². The maximum Gasteiger partial charge on any atom is 0.329 e. The molecule has 0 bridgehead atoms. The zero-order valence-corrected chi connectivity index (χ0v) is 22.0. The number of carbonyl (C=O) groups is 3. The van der Waals surface area contributed by atoms with Crippen LogP contribution in [0.1, 0.15) is 41.3 Å². The molecule has 40 heavy (non-hydrogen) atoms. The van der Waals surface area contributed by atoms with Gasteiger partial charge < -0.3 is 19.7 Å². The number of amides is 2. The van der Waals surface area contributed by atoms with E-state index in [1.54, 1.807) is 35.2 Å². The summed E-state index contributed by atoms with van der Waals surface area (Å²) in [6.45, 7) is 1.92. The number of para-hydroxylation sites is 1. The number of piperidine rings is 1. The van der Waals surface area contributed by atoms with Crippen molar-refractivity contribution in [3.63, 3.8) is 0 Å². The molecule has 0 spiro atoms. The minimum atomic E-state index is -0.679. The Kier molecular flexibility index (Phi) is 7.70. The normalized spacial score (nSPS) is 20.6. The Labute approximate surface area is 231 Å². The van der Waals surface area contributed by atoms with Crippen LogP contribution in [0.25, 0.3) is 10.4 Å². The summed E-state index contributed by atoms with van der Waals surface area (Å²) >= 11 is 0. The maximum absolute atomic E-state index is 13.2. The highest BCUT2D eigenvalue weighted by atomic mass is 16.5. The number of likely N-dealkylation sites (tertiary alicyclic amines) is 1. The molecule has 2 fully saturated rings. The van der Waals surface area contributed by atoms with Gasteiger partial charge in [-0.2, -0.15) is 0 Å². The average molecular weight is 540 g/mol. The highest BCUT2D eigenvalue weighted by Gasteiger charge is 2.64. The molecule has 0 unspecified atom stereocenters. The second-order valence-corrected chi connectivity index (χ2v) is 10.3. The number of hydrogen-bond acceptors (Lipinski definition) is 6. The van der Waals surface area contributed by atoms with E-state index < -0.39 is 17.9 Å². The van der Waals surface area contributed by atoms with Crippen LogP contribution in [-0.2, 0) is 27.5 Å². The fraction of sp³-hybridized carbons (Fsp3) is 0.300. The van der Waals surface area contributed by atoms with Gasteiger partial charge in [-0.05, 0) is 59.7 Å². The standard InChI is InChI=1S/C30H29N5O5/c1-30-15-24(29(38)39-19-20-8-4-2-5-9-20)35(26(30)16-30)27(36)18-32-28(37)21-12-13-25(22(14-21)17-33-34-31)40-23-10-6-3-7-11-23/h2-14,24,26H,15-19H2,1H3,(H,32,37)/t24-,26-,30+/m0/s1. The van der Waals surface area contributed by atoms with Gasteiger partial charge in [0.2, 0.25) is 5.91 Å². The van der Waals surface area contributed by atoms with Crippen molar-refractivity contribution in [2.75, 3.05) is 6.54 Å². The van der Waals surface area contributed by atoms with Gasteiger partial charge in [0, 0.05) is 22.1 Å². The Morgan fingerprint density at radius 3 is 2.50 bits per heavy atom. The van der Waals surface area contributed by atoms with Crippen molar-refractivity contribution in [1.82, 2.24) is 10.2 Å². The van der Waals surface area contributed by atoms with E-state index in [4.69, 9.17) is 15.0 Å². The Balaban J connectivity index is 1.23. The molecule has 3 atom stereocenters. The number of azide groups is 1.